The summed E-state index contributed by atoms with van der Waals surface area (Å²) < 4.78 is 80.2. The third-order valence-corrected chi connectivity index (χ3v) is 8.89. The summed E-state index contributed by atoms with van der Waals surface area (Å²) in [5, 5.41) is 20.4. The highest BCUT2D eigenvalue weighted by Crippen LogP contribution is 2.44. The lowest BCUT2D eigenvalue weighted by molar-refractivity contribution is -0.155. The highest BCUT2D eigenvalue weighted by Gasteiger charge is 2.59. The maximum absolute atomic E-state index is 14.1. The summed E-state index contributed by atoms with van der Waals surface area (Å²) >= 11 is 0. The quantitative estimate of drug-likeness (QED) is 0.273. The van der Waals surface area contributed by atoms with Crippen LogP contribution < -0.4 is 10.6 Å². The van der Waals surface area contributed by atoms with E-state index in [1.807, 2.05) is 5.32 Å². The van der Waals surface area contributed by atoms with Gasteiger partial charge in [0.1, 0.15) is 17.2 Å². The second kappa shape index (κ2) is 10.5. The Morgan fingerprint density at radius 1 is 1.18 bits per heavy atom. The van der Waals surface area contributed by atoms with Crippen LogP contribution in [0.2, 0.25) is 0 Å². The first-order chi connectivity index (χ1) is 21.4. The molecule has 4 aromatic rings. The van der Waals surface area contributed by atoms with Crippen molar-refractivity contribution in [1.82, 2.24) is 45.7 Å². The molecule has 2 saturated carbocycles. The second-order valence-electron chi connectivity index (χ2n) is 12.0. The van der Waals surface area contributed by atoms with Gasteiger partial charge < -0.3 is 15.2 Å². The van der Waals surface area contributed by atoms with E-state index >= 15 is 0 Å². The lowest BCUT2D eigenvalue weighted by Gasteiger charge is -2.33. The van der Waals surface area contributed by atoms with Gasteiger partial charge in [-0.2, -0.15) is 23.3 Å². The molecule has 13 nitrogen and oxygen atoms in total. The first kappa shape index (κ1) is 29.2. The number of imidazole rings is 1. The highest BCUT2D eigenvalue weighted by molar-refractivity contribution is 5.93. The lowest BCUT2D eigenvalue weighted by atomic mass is 9.79. The minimum absolute atomic E-state index is 0.0335. The number of hydrogen-bond donors (Lipinski definition) is 2. The number of alkyl halides is 5. The molecule has 0 aromatic carbocycles. The van der Waals surface area contributed by atoms with Crippen molar-refractivity contribution in [2.24, 2.45) is 5.92 Å². The largest absolute Gasteiger partial charge is 0.408 e. The first-order valence-corrected chi connectivity index (χ1v) is 14.4. The average Bonchev–Trinajstić information content (AvgIpc) is 3.39. The number of aromatic nitrogens is 7. The molecule has 3 atom stereocenters. The number of nitrogens with one attached hydrogen (secondary N) is 2. The fourth-order valence-electron chi connectivity index (χ4n) is 6.33. The Kier molecular flexibility index (Phi) is 6.85. The first-order valence-electron chi connectivity index (χ1n) is 14.4. The summed E-state index contributed by atoms with van der Waals surface area (Å²) in [6.07, 6.45) is -0.424. The van der Waals surface area contributed by atoms with Crippen LogP contribution in [-0.4, -0.2) is 65.0 Å². The molecular weight excluding hydrogens is 609 g/mol. The normalized spacial score (nSPS) is 24.6. The zero-order valence-electron chi connectivity index (χ0n) is 23.4. The van der Waals surface area contributed by atoms with Gasteiger partial charge in [-0.25, -0.2) is 22.9 Å². The standard InChI is InChI=1S/C27H26F5N9O4/c28-26(29)5-3-15(4-6-26)19(38-22(42)21-20(14-1-2-14)39-45-40-21)16-11-41-18(36-16)7-13(10-34-41)8-25(24-33-12-35-44-24)9-17(27(30,31)32)37-23(25)43/h7,10-12,14-15,17,19H,1-6,8-9H2,(H,37,43)(H,38,42)/t17-,19-,25+/m0/s1. The van der Waals surface area contributed by atoms with E-state index in [0.717, 1.165) is 19.2 Å². The number of halogens is 5. The van der Waals surface area contributed by atoms with E-state index in [4.69, 9.17) is 9.15 Å². The molecular formula is C27H26F5N9O4. The van der Waals surface area contributed by atoms with Crippen molar-refractivity contribution < 1.29 is 40.7 Å². The van der Waals surface area contributed by atoms with Crippen molar-refractivity contribution in [3.8, 4) is 0 Å². The van der Waals surface area contributed by atoms with Gasteiger partial charge in [-0.3, -0.25) is 9.59 Å². The Labute approximate surface area is 250 Å². The van der Waals surface area contributed by atoms with E-state index in [9.17, 15) is 31.5 Å². The van der Waals surface area contributed by atoms with E-state index in [-0.39, 0.29) is 61.2 Å². The van der Waals surface area contributed by atoms with Gasteiger partial charge in [0.05, 0.1) is 24.1 Å². The molecule has 238 valence electrons. The summed E-state index contributed by atoms with van der Waals surface area (Å²) in [6.45, 7) is 0. The molecule has 7 rings (SSSR count). The second-order valence-corrected chi connectivity index (χ2v) is 12.0. The number of carbonyl (C=O) groups excluding carboxylic acids is 2. The maximum Gasteiger partial charge on any atom is 0.408 e. The topological polar surface area (TPSA) is 166 Å². The third-order valence-electron chi connectivity index (χ3n) is 8.89. The van der Waals surface area contributed by atoms with Crippen LogP contribution in [0, 0.1) is 5.92 Å². The van der Waals surface area contributed by atoms with Crippen molar-refractivity contribution in [1.29, 1.82) is 0 Å². The van der Waals surface area contributed by atoms with E-state index in [0.29, 0.717) is 17.0 Å². The average molecular weight is 636 g/mol. The summed E-state index contributed by atoms with van der Waals surface area (Å²) in [5.41, 5.74) is -0.365. The molecule has 0 unspecified atom stereocenters. The van der Waals surface area contributed by atoms with Crippen LogP contribution in [0.15, 0.2) is 33.9 Å². The predicted octanol–water partition coefficient (Wildman–Crippen LogP) is 3.60. The van der Waals surface area contributed by atoms with E-state index in [1.165, 1.54) is 10.7 Å². The maximum atomic E-state index is 14.1. The van der Waals surface area contributed by atoms with Crippen molar-refractivity contribution in [2.45, 2.75) is 86.9 Å². The van der Waals surface area contributed by atoms with Crippen molar-refractivity contribution in [3.63, 3.8) is 0 Å². The van der Waals surface area contributed by atoms with Gasteiger partial charge in [0, 0.05) is 25.2 Å². The van der Waals surface area contributed by atoms with Crippen LogP contribution in [-0.2, 0) is 16.6 Å². The van der Waals surface area contributed by atoms with Gasteiger partial charge in [0.15, 0.2) is 17.7 Å². The van der Waals surface area contributed by atoms with Crippen LogP contribution in [0.5, 0.6) is 0 Å². The molecule has 3 fully saturated rings. The van der Waals surface area contributed by atoms with Gasteiger partial charge >= 0.3 is 6.18 Å². The van der Waals surface area contributed by atoms with E-state index in [2.05, 4.69) is 35.9 Å². The Morgan fingerprint density at radius 2 is 1.96 bits per heavy atom. The number of carbonyl (C=O) groups is 2. The molecule has 0 radical (unpaired) electrons. The molecule has 1 aliphatic heterocycles. The Morgan fingerprint density at radius 3 is 2.62 bits per heavy atom. The van der Waals surface area contributed by atoms with Gasteiger partial charge in [0.25, 0.3) is 5.91 Å². The lowest BCUT2D eigenvalue weighted by Crippen LogP contribution is -2.40. The minimum Gasteiger partial charge on any atom is -0.343 e. The fraction of sp³-hybridized carbons (Fsp3) is 0.556. The van der Waals surface area contributed by atoms with Gasteiger partial charge in [-0.05, 0) is 54.8 Å². The number of rotatable bonds is 8. The van der Waals surface area contributed by atoms with Crippen LogP contribution in [0.3, 0.4) is 0 Å². The number of nitrogens with zero attached hydrogens (tertiary/aromatic N) is 7. The summed E-state index contributed by atoms with van der Waals surface area (Å²) in [6, 6.07) is -1.36. The molecule has 2 N–H and O–H groups in total. The van der Waals surface area contributed by atoms with Crippen molar-refractivity contribution >= 4 is 17.5 Å². The third kappa shape index (κ3) is 5.50. The van der Waals surface area contributed by atoms with Crippen molar-refractivity contribution in [3.05, 3.63) is 53.3 Å². The molecule has 18 heteroatoms. The fourth-order valence-corrected chi connectivity index (χ4v) is 6.33. The molecule has 4 aromatic heterocycles. The molecule has 2 amide bonds. The summed E-state index contributed by atoms with van der Waals surface area (Å²) in [4.78, 5) is 34.9. The number of hydrogen-bond acceptors (Lipinski definition) is 10. The monoisotopic (exact) mass is 635 g/mol. The molecule has 1 saturated heterocycles. The molecule has 2 aliphatic carbocycles. The molecule has 5 heterocycles. The molecule has 3 aliphatic rings. The van der Waals surface area contributed by atoms with E-state index < -0.39 is 47.8 Å². The highest BCUT2D eigenvalue weighted by atomic mass is 19.4. The van der Waals surface area contributed by atoms with Gasteiger partial charge in [-0.1, -0.05) is 10.3 Å². The summed E-state index contributed by atoms with van der Waals surface area (Å²) in [5.74, 6) is -4.86. The summed E-state index contributed by atoms with van der Waals surface area (Å²) in [7, 11) is 0. The van der Waals surface area contributed by atoms with E-state index in [1.54, 1.807) is 12.3 Å². The van der Waals surface area contributed by atoms with Crippen LogP contribution in [0.1, 0.15) is 90.2 Å². The number of fused-ring (bicyclic) bond motifs is 1. The SMILES string of the molecule is O=C(N[C@H](c1cn2ncc(C[C@@]3(c4ncno4)C[C@@H](C(F)(F)F)NC3=O)cc2n1)C1CCC(F)(F)CC1)c1nonc1C1CC1. The molecule has 0 spiro atoms. The van der Waals surface area contributed by atoms with Gasteiger partial charge in [-0.15, -0.1) is 0 Å². The smallest absolute Gasteiger partial charge is 0.343 e. The Balaban J connectivity index is 1.19. The zero-order valence-corrected chi connectivity index (χ0v) is 23.4. The van der Waals surface area contributed by atoms with Crippen molar-refractivity contribution in [2.75, 3.05) is 0 Å². The Bertz CT molecular complexity index is 1730. The molecule has 0 bridgehead atoms. The predicted molar refractivity (Wildman–Crippen MR) is 139 cm³/mol. The Hall–Kier alpha value is -4.51. The van der Waals surface area contributed by atoms with Gasteiger partial charge in [0.2, 0.25) is 17.7 Å². The van der Waals surface area contributed by atoms with Crippen LogP contribution >= 0.6 is 0 Å². The number of amides is 2. The zero-order chi connectivity index (χ0) is 31.6. The van der Waals surface area contributed by atoms with Crippen LogP contribution in [0.4, 0.5) is 22.0 Å². The van der Waals surface area contributed by atoms with Crippen LogP contribution in [0.25, 0.3) is 5.65 Å². The minimum atomic E-state index is -4.69. The molecule has 45 heavy (non-hydrogen) atoms.